The molecule has 1 atom stereocenters. The van der Waals surface area contributed by atoms with Gasteiger partial charge in [-0.05, 0) is 23.8 Å². The molecule has 5 heteroatoms. The number of hydrogen-bond acceptors (Lipinski definition) is 4. The number of ether oxygens (including phenoxy) is 1. The summed E-state index contributed by atoms with van der Waals surface area (Å²) in [5.74, 6) is 0.0836. The van der Waals surface area contributed by atoms with Gasteiger partial charge in [0, 0.05) is 31.7 Å². The molecule has 0 aliphatic carbocycles. The van der Waals surface area contributed by atoms with Crippen LogP contribution >= 0.6 is 0 Å². The number of carboxylic acid groups (broad SMARTS) is 1. The molecule has 1 aromatic rings. The molecule has 0 bridgehead atoms. The van der Waals surface area contributed by atoms with Gasteiger partial charge in [-0.15, -0.1) is 0 Å². The lowest BCUT2D eigenvalue weighted by Gasteiger charge is -2.23. The van der Waals surface area contributed by atoms with Gasteiger partial charge in [0.15, 0.2) is 0 Å². The summed E-state index contributed by atoms with van der Waals surface area (Å²) in [5, 5.41) is 8.68. The number of carbonyl (C=O) groups is 1. The van der Waals surface area contributed by atoms with Crippen LogP contribution in [0.1, 0.15) is 12.0 Å². The minimum Gasteiger partial charge on any atom is -0.493 e. The molecule has 1 aliphatic heterocycles. The van der Waals surface area contributed by atoms with Crippen LogP contribution in [0.25, 0.3) is 0 Å². The highest BCUT2D eigenvalue weighted by Gasteiger charge is 2.15. The fourth-order valence-electron chi connectivity index (χ4n) is 2.16. The summed E-state index contributed by atoms with van der Waals surface area (Å²) in [6.07, 6.45) is 0.913. The van der Waals surface area contributed by atoms with Gasteiger partial charge in [-0.3, -0.25) is 4.79 Å². The summed E-state index contributed by atoms with van der Waals surface area (Å²) in [6.45, 7) is 1.26. The maximum absolute atomic E-state index is 10.6. The van der Waals surface area contributed by atoms with Crippen molar-refractivity contribution in [2.45, 2.75) is 18.9 Å². The second kappa shape index (κ2) is 5.27. The zero-order chi connectivity index (χ0) is 13.1. The van der Waals surface area contributed by atoms with Crippen LogP contribution in [0.4, 0.5) is 5.69 Å². The van der Waals surface area contributed by atoms with Crippen molar-refractivity contribution < 1.29 is 14.6 Å². The zero-order valence-electron chi connectivity index (χ0n) is 10.4. The molecular formula is C13H18N2O3. The number of rotatable bonds is 5. The molecule has 18 heavy (non-hydrogen) atoms. The quantitative estimate of drug-likeness (QED) is 0.810. The summed E-state index contributed by atoms with van der Waals surface area (Å²) >= 11 is 0. The molecule has 0 radical (unpaired) electrons. The normalized spacial score (nSPS) is 14.8. The van der Waals surface area contributed by atoms with Gasteiger partial charge in [-0.2, -0.15) is 0 Å². The van der Waals surface area contributed by atoms with E-state index in [9.17, 15) is 4.79 Å². The van der Waals surface area contributed by atoms with E-state index in [0.29, 0.717) is 6.54 Å². The highest BCUT2D eigenvalue weighted by molar-refractivity contribution is 5.67. The second-order valence-electron chi connectivity index (χ2n) is 4.63. The van der Waals surface area contributed by atoms with E-state index in [-0.39, 0.29) is 12.5 Å². The second-order valence-corrected chi connectivity index (χ2v) is 4.63. The summed E-state index contributed by atoms with van der Waals surface area (Å²) in [5.41, 5.74) is 8.02. The Hall–Kier alpha value is -1.75. The van der Waals surface area contributed by atoms with E-state index in [1.54, 1.807) is 0 Å². The highest BCUT2D eigenvalue weighted by atomic mass is 16.5. The molecule has 2 rings (SSSR count). The molecule has 1 heterocycles. The van der Waals surface area contributed by atoms with Crippen LogP contribution in [-0.4, -0.2) is 37.3 Å². The maximum atomic E-state index is 10.6. The van der Waals surface area contributed by atoms with E-state index < -0.39 is 5.97 Å². The van der Waals surface area contributed by atoms with Crippen molar-refractivity contribution in [2.24, 2.45) is 5.73 Å². The molecule has 5 nitrogen and oxygen atoms in total. The number of fused-ring (bicyclic) bond motifs is 1. The van der Waals surface area contributed by atoms with Crippen molar-refractivity contribution >= 4 is 11.7 Å². The lowest BCUT2D eigenvalue weighted by atomic mass is 10.1. The van der Waals surface area contributed by atoms with E-state index in [4.69, 9.17) is 15.6 Å². The topological polar surface area (TPSA) is 75.8 Å². The van der Waals surface area contributed by atoms with Crippen LogP contribution in [0.3, 0.4) is 0 Å². The van der Waals surface area contributed by atoms with Crippen LogP contribution in [-0.2, 0) is 11.2 Å². The smallest absolute Gasteiger partial charge is 0.304 e. The van der Waals surface area contributed by atoms with E-state index in [0.717, 1.165) is 24.5 Å². The molecule has 0 fully saturated rings. The van der Waals surface area contributed by atoms with Gasteiger partial charge in [0.1, 0.15) is 5.75 Å². The Kier molecular flexibility index (Phi) is 3.72. The van der Waals surface area contributed by atoms with Gasteiger partial charge in [0.2, 0.25) is 0 Å². The van der Waals surface area contributed by atoms with E-state index in [1.807, 2.05) is 24.1 Å². The maximum Gasteiger partial charge on any atom is 0.304 e. The molecule has 1 aromatic carbocycles. The Morgan fingerprint density at radius 1 is 1.61 bits per heavy atom. The molecule has 0 saturated carbocycles. The lowest BCUT2D eigenvalue weighted by molar-refractivity contribution is -0.137. The number of hydrogen-bond donors (Lipinski definition) is 2. The third-order valence-electron chi connectivity index (χ3n) is 3.06. The third-order valence-corrected chi connectivity index (χ3v) is 3.06. The molecule has 0 aromatic heterocycles. The predicted octanol–water partition coefficient (Wildman–Crippen LogP) is 0.860. The fraction of sp³-hybridized carbons (Fsp3) is 0.462. The fourth-order valence-corrected chi connectivity index (χ4v) is 2.16. The Balaban J connectivity index is 2.00. The number of benzene rings is 1. The van der Waals surface area contributed by atoms with Crippen LogP contribution < -0.4 is 15.4 Å². The highest BCUT2D eigenvalue weighted by Crippen LogP contribution is 2.29. The molecule has 1 unspecified atom stereocenters. The van der Waals surface area contributed by atoms with Crippen LogP contribution in [0.2, 0.25) is 0 Å². The van der Waals surface area contributed by atoms with E-state index >= 15 is 0 Å². The first-order valence-electron chi connectivity index (χ1n) is 6.00. The van der Waals surface area contributed by atoms with Crippen molar-refractivity contribution in [1.29, 1.82) is 0 Å². The Morgan fingerprint density at radius 3 is 3.11 bits per heavy atom. The summed E-state index contributed by atoms with van der Waals surface area (Å²) in [6, 6.07) is 5.64. The van der Waals surface area contributed by atoms with Gasteiger partial charge in [-0.25, -0.2) is 0 Å². The molecule has 0 amide bonds. The van der Waals surface area contributed by atoms with E-state index in [1.165, 1.54) is 5.56 Å². The number of aliphatic carboxylic acids is 1. The number of nitrogens with zero attached hydrogens (tertiary/aromatic N) is 1. The van der Waals surface area contributed by atoms with Crippen molar-refractivity contribution in [3.05, 3.63) is 23.8 Å². The largest absolute Gasteiger partial charge is 0.493 e. The monoisotopic (exact) mass is 250 g/mol. The van der Waals surface area contributed by atoms with Crippen molar-refractivity contribution in [3.63, 3.8) is 0 Å². The SMILES string of the molecule is CN(CC(N)CC(=O)O)c1ccc2c(c1)CCO2. The molecule has 3 N–H and O–H groups in total. The minimum atomic E-state index is -0.863. The van der Waals surface area contributed by atoms with Crippen LogP contribution in [0.15, 0.2) is 18.2 Å². The summed E-state index contributed by atoms with van der Waals surface area (Å²) < 4.78 is 5.45. The van der Waals surface area contributed by atoms with Crippen LogP contribution in [0.5, 0.6) is 5.75 Å². The number of carboxylic acids is 1. The van der Waals surface area contributed by atoms with Crippen molar-refractivity contribution in [2.75, 3.05) is 25.1 Å². The first kappa shape index (κ1) is 12.7. The first-order chi connectivity index (χ1) is 8.56. The van der Waals surface area contributed by atoms with E-state index in [2.05, 4.69) is 6.07 Å². The summed E-state index contributed by atoms with van der Waals surface area (Å²) in [7, 11) is 1.92. The van der Waals surface area contributed by atoms with Crippen molar-refractivity contribution in [1.82, 2.24) is 0 Å². The Labute approximate surface area is 106 Å². The number of anilines is 1. The van der Waals surface area contributed by atoms with Gasteiger partial charge in [0.25, 0.3) is 0 Å². The van der Waals surface area contributed by atoms with Gasteiger partial charge < -0.3 is 20.5 Å². The first-order valence-corrected chi connectivity index (χ1v) is 6.00. The van der Waals surface area contributed by atoms with Gasteiger partial charge >= 0.3 is 5.97 Å². The number of likely N-dealkylation sites (N-methyl/N-ethyl adjacent to an activating group) is 1. The van der Waals surface area contributed by atoms with Gasteiger partial charge in [0.05, 0.1) is 13.0 Å². The Bertz CT molecular complexity index is 448. The average molecular weight is 250 g/mol. The molecule has 0 saturated heterocycles. The number of nitrogens with two attached hydrogens (primary N) is 1. The standard InChI is InChI=1S/C13H18N2O3/c1-15(8-10(14)7-13(16)17)11-2-3-12-9(6-11)4-5-18-12/h2-3,6,10H,4-5,7-8,14H2,1H3,(H,16,17). The Morgan fingerprint density at radius 2 is 2.39 bits per heavy atom. The van der Waals surface area contributed by atoms with Crippen molar-refractivity contribution in [3.8, 4) is 5.75 Å². The zero-order valence-corrected chi connectivity index (χ0v) is 10.4. The molecule has 0 spiro atoms. The minimum absolute atomic E-state index is 0.0155. The average Bonchev–Trinajstić information content (AvgIpc) is 2.74. The molecule has 1 aliphatic rings. The van der Waals surface area contributed by atoms with Crippen LogP contribution in [0, 0.1) is 0 Å². The summed E-state index contributed by atoms with van der Waals surface area (Å²) in [4.78, 5) is 12.5. The van der Waals surface area contributed by atoms with Gasteiger partial charge in [-0.1, -0.05) is 0 Å². The molecular weight excluding hydrogens is 232 g/mol. The molecule has 98 valence electrons. The lowest BCUT2D eigenvalue weighted by Crippen LogP contribution is -2.36. The predicted molar refractivity (Wildman–Crippen MR) is 69.1 cm³/mol. The third kappa shape index (κ3) is 2.92.